The number of imide groups is 2. The first kappa shape index (κ1) is 39.6. The smallest absolute Gasteiger partial charge is 0.262 e. The maximum atomic E-state index is 13.1. The van der Waals surface area contributed by atoms with E-state index >= 15 is 0 Å². The Morgan fingerprint density at radius 3 is 2.26 bits per heavy atom. The topological polar surface area (TPSA) is 198 Å². The Balaban J connectivity index is 0.843. The molecule has 2 saturated heterocycles. The Labute approximate surface area is 329 Å². The molecule has 1 atom stereocenters. The summed E-state index contributed by atoms with van der Waals surface area (Å²) >= 11 is 0. The first-order chi connectivity index (χ1) is 27.4. The lowest BCUT2D eigenvalue weighted by molar-refractivity contribution is -0.136. The van der Waals surface area contributed by atoms with Crippen LogP contribution in [0, 0.1) is 0 Å². The molecule has 3 N–H and O–H groups in total. The highest BCUT2D eigenvalue weighted by Crippen LogP contribution is 2.38. The van der Waals surface area contributed by atoms with E-state index in [4.69, 9.17) is 9.47 Å². The standard InChI is InChI=1S/C40H45N7O9S/c1-45-22-31(27-12-15-41-19-30(27)38(45)50)24-16-34(55-2)32(35(17-24)56-3)23-46-20-26(21-46)57(53,54)43-14-7-5-4-6-13-42-25-8-9-28-29(18-25)40(52)47(39(28)51)33-10-11-36(48)44-37(33)49/h8-9,12,15-19,22,26,33,42-43H,4-7,10-11,13-14,20-21,23H2,1-3H3,(H,44,48,49). The number of unbranched alkanes of at least 4 members (excludes halogenated alkanes) is 3. The number of carbonyl (C=O) groups is 4. The summed E-state index contributed by atoms with van der Waals surface area (Å²) in [5.74, 6) is -0.975. The van der Waals surface area contributed by atoms with Gasteiger partial charge in [0, 0.05) is 76.0 Å². The molecule has 4 aromatic rings. The number of amides is 4. The largest absolute Gasteiger partial charge is 0.496 e. The van der Waals surface area contributed by atoms with Crippen LogP contribution in [0.25, 0.3) is 21.9 Å². The SMILES string of the molecule is COc1cc(-c2cn(C)c(=O)c3cnccc23)cc(OC)c1CN1CC(S(=O)(=O)NCCCCCCNc2ccc3c(c2)C(=O)N(C2CCC(=O)NC2=O)C3=O)C1. The van der Waals surface area contributed by atoms with Gasteiger partial charge < -0.3 is 19.4 Å². The van der Waals surface area contributed by atoms with Gasteiger partial charge in [-0.05, 0) is 66.6 Å². The molecule has 0 bridgehead atoms. The number of ether oxygens (including phenoxy) is 2. The van der Waals surface area contributed by atoms with Crippen LogP contribution in [0.15, 0.2) is 59.8 Å². The predicted octanol–water partition coefficient (Wildman–Crippen LogP) is 2.80. The minimum absolute atomic E-state index is 0.0611. The van der Waals surface area contributed by atoms with Gasteiger partial charge in [-0.25, -0.2) is 13.1 Å². The molecule has 2 aromatic heterocycles. The van der Waals surface area contributed by atoms with Crippen LogP contribution in [0.1, 0.15) is 64.8 Å². The summed E-state index contributed by atoms with van der Waals surface area (Å²) in [6.07, 6.45) is 8.32. The summed E-state index contributed by atoms with van der Waals surface area (Å²) in [4.78, 5) is 69.6. The van der Waals surface area contributed by atoms with Gasteiger partial charge in [-0.3, -0.25) is 44.1 Å². The Morgan fingerprint density at radius 1 is 0.860 bits per heavy atom. The van der Waals surface area contributed by atoms with Gasteiger partial charge in [0.15, 0.2) is 0 Å². The van der Waals surface area contributed by atoms with Crippen molar-refractivity contribution in [3.8, 4) is 22.6 Å². The number of hydrogen-bond donors (Lipinski definition) is 3. The minimum atomic E-state index is -3.51. The van der Waals surface area contributed by atoms with E-state index in [1.54, 1.807) is 58.1 Å². The summed E-state index contributed by atoms with van der Waals surface area (Å²) in [5.41, 5.74) is 3.41. The lowest BCUT2D eigenvalue weighted by atomic mass is 9.98. The highest BCUT2D eigenvalue weighted by molar-refractivity contribution is 7.90. The maximum Gasteiger partial charge on any atom is 0.262 e. The molecule has 5 heterocycles. The minimum Gasteiger partial charge on any atom is -0.496 e. The maximum absolute atomic E-state index is 13.1. The molecule has 2 aromatic carbocycles. The van der Waals surface area contributed by atoms with Crippen molar-refractivity contribution in [3.05, 3.63) is 82.0 Å². The van der Waals surface area contributed by atoms with E-state index in [0.717, 1.165) is 46.2 Å². The Hall–Kier alpha value is -5.65. The van der Waals surface area contributed by atoms with Gasteiger partial charge in [-0.1, -0.05) is 12.8 Å². The van der Waals surface area contributed by atoms with Crippen LogP contribution in [0.2, 0.25) is 0 Å². The second-order valence-corrected chi connectivity index (χ2v) is 16.6. The molecule has 0 saturated carbocycles. The van der Waals surface area contributed by atoms with E-state index in [1.165, 1.54) is 4.57 Å². The number of likely N-dealkylation sites (tertiary alicyclic amines) is 1. The number of nitrogens with zero attached hydrogens (tertiary/aromatic N) is 4. The first-order valence-corrected chi connectivity index (χ1v) is 20.4. The molecule has 0 spiro atoms. The van der Waals surface area contributed by atoms with E-state index in [1.807, 2.05) is 23.1 Å². The fourth-order valence-electron chi connectivity index (χ4n) is 7.66. The number of rotatable bonds is 16. The molecule has 1 unspecified atom stereocenters. The van der Waals surface area contributed by atoms with E-state index in [2.05, 4.69) is 20.3 Å². The number of aryl methyl sites for hydroxylation is 1. The Morgan fingerprint density at radius 2 is 1.56 bits per heavy atom. The number of hydrogen-bond acceptors (Lipinski definition) is 12. The lowest BCUT2D eigenvalue weighted by Crippen LogP contribution is -2.57. The third kappa shape index (κ3) is 7.99. The van der Waals surface area contributed by atoms with Crippen molar-refractivity contribution < 1.29 is 37.1 Å². The number of carbonyl (C=O) groups excluding carboxylic acids is 4. The van der Waals surface area contributed by atoms with Gasteiger partial charge in [0.25, 0.3) is 17.4 Å². The summed E-state index contributed by atoms with van der Waals surface area (Å²) in [6.45, 7) is 2.12. The van der Waals surface area contributed by atoms with Crippen molar-refractivity contribution in [2.24, 2.45) is 7.05 Å². The molecule has 2 fully saturated rings. The third-order valence-corrected chi connectivity index (χ3v) is 12.6. The van der Waals surface area contributed by atoms with Crippen LogP contribution >= 0.6 is 0 Å². The van der Waals surface area contributed by atoms with Crippen LogP contribution in [0.5, 0.6) is 11.5 Å². The number of nitrogens with one attached hydrogen (secondary N) is 3. The fraction of sp³-hybridized carbons (Fsp3) is 0.400. The molecule has 0 radical (unpaired) electrons. The molecular formula is C40H45N7O9S. The van der Waals surface area contributed by atoms with E-state index in [9.17, 15) is 32.4 Å². The summed E-state index contributed by atoms with van der Waals surface area (Å²) in [7, 11) is 1.35. The molecule has 3 aliphatic heterocycles. The monoisotopic (exact) mass is 799 g/mol. The van der Waals surface area contributed by atoms with Gasteiger partial charge >= 0.3 is 0 Å². The fourth-order valence-corrected chi connectivity index (χ4v) is 9.14. The van der Waals surface area contributed by atoms with E-state index < -0.39 is 44.9 Å². The Kier molecular flexibility index (Phi) is 11.4. The normalized spacial score (nSPS) is 17.5. The van der Waals surface area contributed by atoms with Crippen molar-refractivity contribution in [2.45, 2.75) is 56.4 Å². The molecule has 16 nitrogen and oxygen atoms in total. The highest BCUT2D eigenvalue weighted by Gasteiger charge is 2.44. The summed E-state index contributed by atoms with van der Waals surface area (Å²) in [5, 5.41) is 6.20. The molecule has 4 amide bonds. The predicted molar refractivity (Wildman–Crippen MR) is 212 cm³/mol. The molecule has 0 aliphatic carbocycles. The molecular weight excluding hydrogens is 755 g/mol. The van der Waals surface area contributed by atoms with Crippen LogP contribution in [0.3, 0.4) is 0 Å². The molecule has 17 heteroatoms. The third-order valence-electron chi connectivity index (χ3n) is 10.8. The van der Waals surface area contributed by atoms with Gasteiger partial charge in [0.05, 0.1) is 36.3 Å². The molecule has 3 aliphatic rings. The van der Waals surface area contributed by atoms with E-state index in [0.29, 0.717) is 61.7 Å². The van der Waals surface area contributed by atoms with Crippen LogP contribution in [-0.4, -0.2) is 103 Å². The second kappa shape index (κ2) is 16.4. The number of piperidine rings is 1. The van der Waals surface area contributed by atoms with Crippen LogP contribution < -0.4 is 30.4 Å². The van der Waals surface area contributed by atoms with Crippen molar-refractivity contribution >= 4 is 50.1 Å². The van der Waals surface area contributed by atoms with Gasteiger partial charge in [0.1, 0.15) is 22.8 Å². The molecule has 57 heavy (non-hydrogen) atoms. The number of methoxy groups -OCH3 is 2. The Bertz CT molecular complexity index is 2400. The number of anilines is 1. The number of aromatic nitrogens is 2. The number of sulfonamides is 1. The quantitative estimate of drug-likeness (QED) is 0.111. The average Bonchev–Trinajstić information content (AvgIpc) is 3.42. The number of pyridine rings is 2. The molecule has 7 rings (SSSR count). The zero-order chi connectivity index (χ0) is 40.4. The van der Waals surface area contributed by atoms with Gasteiger partial charge in [-0.15, -0.1) is 0 Å². The van der Waals surface area contributed by atoms with Crippen LogP contribution in [0.4, 0.5) is 5.69 Å². The summed E-state index contributed by atoms with van der Waals surface area (Å²) in [6, 6.07) is 9.50. The number of fused-ring (bicyclic) bond motifs is 2. The zero-order valence-electron chi connectivity index (χ0n) is 32.0. The van der Waals surface area contributed by atoms with Crippen LogP contribution in [-0.2, 0) is 33.2 Å². The lowest BCUT2D eigenvalue weighted by Gasteiger charge is -2.39. The average molecular weight is 800 g/mol. The van der Waals surface area contributed by atoms with E-state index in [-0.39, 0.29) is 29.5 Å². The molecule has 300 valence electrons. The van der Waals surface area contributed by atoms with Gasteiger partial charge in [0.2, 0.25) is 21.8 Å². The summed E-state index contributed by atoms with van der Waals surface area (Å²) < 4.78 is 42.0. The zero-order valence-corrected chi connectivity index (χ0v) is 32.8. The first-order valence-electron chi connectivity index (χ1n) is 18.9. The van der Waals surface area contributed by atoms with Crippen molar-refractivity contribution in [1.82, 2.24) is 29.4 Å². The number of benzene rings is 2. The van der Waals surface area contributed by atoms with Crippen molar-refractivity contribution in [1.29, 1.82) is 0 Å². The van der Waals surface area contributed by atoms with Crippen molar-refractivity contribution in [3.63, 3.8) is 0 Å². The highest BCUT2D eigenvalue weighted by atomic mass is 32.2. The van der Waals surface area contributed by atoms with Gasteiger partial charge in [-0.2, -0.15) is 0 Å². The second-order valence-electron chi connectivity index (χ2n) is 14.5. The van der Waals surface area contributed by atoms with Crippen molar-refractivity contribution in [2.75, 3.05) is 45.7 Å².